The zero-order valence-electron chi connectivity index (χ0n) is 9.71. The Balaban J connectivity index is 1.77. The normalized spacial score (nSPS) is 19.5. The minimum atomic E-state index is -0.837. The van der Waals surface area contributed by atoms with Gasteiger partial charge in [-0.15, -0.1) is 0 Å². The summed E-state index contributed by atoms with van der Waals surface area (Å²) >= 11 is 0. The van der Waals surface area contributed by atoms with Gasteiger partial charge < -0.3 is 14.7 Å². The number of hydrogen-bond acceptors (Lipinski definition) is 2. The highest BCUT2D eigenvalue weighted by Gasteiger charge is 2.28. The van der Waals surface area contributed by atoms with Crippen LogP contribution < -0.4 is 0 Å². The zero-order chi connectivity index (χ0) is 12.1. The molecular formula is C13H17NO3. The summed E-state index contributed by atoms with van der Waals surface area (Å²) in [6.45, 7) is 1.67. The number of nitrogens with zero attached hydrogens (tertiary/aromatic N) is 1. The minimum Gasteiger partial charge on any atom is -0.465 e. The molecule has 1 N–H and O–H groups in total. The first-order valence-electron chi connectivity index (χ1n) is 5.88. The van der Waals surface area contributed by atoms with E-state index in [1.807, 2.05) is 30.3 Å². The second-order valence-electron chi connectivity index (χ2n) is 4.27. The van der Waals surface area contributed by atoms with E-state index in [0.717, 1.165) is 18.4 Å². The maximum Gasteiger partial charge on any atom is 0.407 e. The fraction of sp³-hybridized carbons (Fsp3) is 0.462. The van der Waals surface area contributed by atoms with E-state index in [0.29, 0.717) is 19.8 Å². The van der Waals surface area contributed by atoms with Crippen LogP contribution in [-0.2, 0) is 11.3 Å². The number of ether oxygens (including phenoxy) is 1. The average molecular weight is 235 g/mol. The smallest absolute Gasteiger partial charge is 0.407 e. The van der Waals surface area contributed by atoms with E-state index >= 15 is 0 Å². The first-order valence-corrected chi connectivity index (χ1v) is 5.88. The highest BCUT2D eigenvalue weighted by Crippen LogP contribution is 2.17. The van der Waals surface area contributed by atoms with E-state index in [1.165, 1.54) is 4.90 Å². The number of amides is 1. The first kappa shape index (κ1) is 11.9. The molecule has 0 aromatic heterocycles. The van der Waals surface area contributed by atoms with Gasteiger partial charge in [-0.1, -0.05) is 30.3 Å². The van der Waals surface area contributed by atoms with Crippen molar-refractivity contribution in [3.63, 3.8) is 0 Å². The van der Waals surface area contributed by atoms with Gasteiger partial charge in [0, 0.05) is 6.54 Å². The maximum absolute atomic E-state index is 10.9. The van der Waals surface area contributed by atoms with Gasteiger partial charge in [0.05, 0.1) is 19.3 Å². The largest absolute Gasteiger partial charge is 0.465 e. The summed E-state index contributed by atoms with van der Waals surface area (Å²) in [7, 11) is 0. The van der Waals surface area contributed by atoms with Crippen LogP contribution in [0.15, 0.2) is 30.3 Å². The highest BCUT2D eigenvalue weighted by atomic mass is 16.5. The van der Waals surface area contributed by atoms with Crippen molar-refractivity contribution < 1.29 is 14.6 Å². The van der Waals surface area contributed by atoms with Crippen molar-refractivity contribution in [3.8, 4) is 0 Å². The van der Waals surface area contributed by atoms with Crippen LogP contribution in [0.3, 0.4) is 0 Å². The predicted molar refractivity (Wildman–Crippen MR) is 63.9 cm³/mol. The van der Waals surface area contributed by atoms with Crippen molar-refractivity contribution in [2.75, 3.05) is 13.2 Å². The molecule has 1 fully saturated rings. The number of benzene rings is 1. The van der Waals surface area contributed by atoms with Crippen LogP contribution in [0.25, 0.3) is 0 Å². The van der Waals surface area contributed by atoms with Crippen molar-refractivity contribution in [2.24, 2.45) is 0 Å². The molecule has 1 aromatic carbocycles. The summed E-state index contributed by atoms with van der Waals surface area (Å²) in [6, 6.07) is 9.94. The maximum atomic E-state index is 10.9. The lowest BCUT2D eigenvalue weighted by Gasteiger charge is -2.21. The molecule has 2 rings (SSSR count). The molecule has 4 heteroatoms. The molecule has 0 aliphatic carbocycles. The Hall–Kier alpha value is -1.55. The van der Waals surface area contributed by atoms with Gasteiger partial charge in [0.15, 0.2) is 0 Å². The number of rotatable bonds is 4. The third kappa shape index (κ3) is 3.20. The van der Waals surface area contributed by atoms with Gasteiger partial charge in [-0.2, -0.15) is 0 Å². The average Bonchev–Trinajstić information content (AvgIpc) is 2.79. The summed E-state index contributed by atoms with van der Waals surface area (Å²) in [5.41, 5.74) is 1.12. The molecule has 1 aliphatic heterocycles. The molecule has 0 unspecified atom stereocenters. The Morgan fingerprint density at radius 3 is 2.88 bits per heavy atom. The SMILES string of the molecule is O=C(O)N1CCC[C@H]1COCc1ccccc1. The Kier molecular flexibility index (Phi) is 3.98. The van der Waals surface area contributed by atoms with Crippen LogP contribution in [0.5, 0.6) is 0 Å². The van der Waals surface area contributed by atoms with E-state index in [9.17, 15) is 4.79 Å². The van der Waals surface area contributed by atoms with Crippen LogP contribution in [0, 0.1) is 0 Å². The molecule has 0 radical (unpaired) electrons. The molecule has 92 valence electrons. The van der Waals surface area contributed by atoms with Crippen LogP contribution in [0.4, 0.5) is 4.79 Å². The lowest BCUT2D eigenvalue weighted by Crippen LogP contribution is -2.37. The van der Waals surface area contributed by atoms with Gasteiger partial charge in [-0.3, -0.25) is 0 Å². The van der Waals surface area contributed by atoms with E-state index in [-0.39, 0.29) is 6.04 Å². The zero-order valence-corrected chi connectivity index (χ0v) is 9.71. The summed E-state index contributed by atoms with van der Waals surface area (Å²) in [5.74, 6) is 0. The predicted octanol–water partition coefficient (Wildman–Crippen LogP) is 2.35. The summed E-state index contributed by atoms with van der Waals surface area (Å²) < 4.78 is 5.58. The third-order valence-electron chi connectivity index (χ3n) is 3.04. The Bertz CT molecular complexity index is 366. The van der Waals surface area contributed by atoms with Crippen molar-refractivity contribution in [2.45, 2.75) is 25.5 Å². The molecular weight excluding hydrogens is 218 g/mol. The monoisotopic (exact) mass is 235 g/mol. The quantitative estimate of drug-likeness (QED) is 0.871. The van der Waals surface area contributed by atoms with Gasteiger partial charge in [0.2, 0.25) is 0 Å². The molecule has 1 atom stereocenters. The Morgan fingerprint density at radius 1 is 1.41 bits per heavy atom. The Labute approximate surface area is 101 Å². The van der Waals surface area contributed by atoms with Gasteiger partial charge in [-0.05, 0) is 18.4 Å². The van der Waals surface area contributed by atoms with Gasteiger partial charge in [0.1, 0.15) is 0 Å². The van der Waals surface area contributed by atoms with E-state index in [2.05, 4.69) is 0 Å². The molecule has 17 heavy (non-hydrogen) atoms. The summed E-state index contributed by atoms with van der Waals surface area (Å²) in [4.78, 5) is 12.4. The highest BCUT2D eigenvalue weighted by molar-refractivity contribution is 5.65. The summed E-state index contributed by atoms with van der Waals surface area (Å²) in [5, 5.41) is 8.97. The van der Waals surface area contributed by atoms with Crippen LogP contribution in [0.1, 0.15) is 18.4 Å². The second kappa shape index (κ2) is 5.68. The molecule has 1 amide bonds. The van der Waals surface area contributed by atoms with E-state index in [1.54, 1.807) is 0 Å². The first-order chi connectivity index (χ1) is 8.27. The number of carboxylic acid groups (broad SMARTS) is 1. The van der Waals surface area contributed by atoms with Crippen molar-refractivity contribution in [3.05, 3.63) is 35.9 Å². The van der Waals surface area contributed by atoms with Crippen molar-refractivity contribution >= 4 is 6.09 Å². The van der Waals surface area contributed by atoms with Crippen LogP contribution >= 0.6 is 0 Å². The van der Waals surface area contributed by atoms with Crippen LogP contribution in [0.2, 0.25) is 0 Å². The topological polar surface area (TPSA) is 49.8 Å². The second-order valence-corrected chi connectivity index (χ2v) is 4.27. The van der Waals surface area contributed by atoms with Gasteiger partial charge in [0.25, 0.3) is 0 Å². The minimum absolute atomic E-state index is 0.0243. The molecule has 1 heterocycles. The van der Waals surface area contributed by atoms with Crippen molar-refractivity contribution in [1.29, 1.82) is 0 Å². The fourth-order valence-corrected chi connectivity index (χ4v) is 2.15. The molecule has 0 spiro atoms. The number of carbonyl (C=O) groups is 1. The number of likely N-dealkylation sites (tertiary alicyclic amines) is 1. The molecule has 0 bridgehead atoms. The van der Waals surface area contributed by atoms with Gasteiger partial charge in [-0.25, -0.2) is 4.79 Å². The van der Waals surface area contributed by atoms with Gasteiger partial charge >= 0.3 is 6.09 Å². The fourth-order valence-electron chi connectivity index (χ4n) is 2.15. The standard InChI is InChI=1S/C13H17NO3/c15-13(16)14-8-4-7-12(14)10-17-9-11-5-2-1-3-6-11/h1-3,5-6,12H,4,7-10H2,(H,15,16)/t12-/m0/s1. The lowest BCUT2D eigenvalue weighted by atomic mass is 10.2. The molecule has 1 aliphatic rings. The molecule has 1 saturated heterocycles. The molecule has 4 nitrogen and oxygen atoms in total. The molecule has 1 aromatic rings. The Morgan fingerprint density at radius 2 is 2.18 bits per heavy atom. The lowest BCUT2D eigenvalue weighted by molar-refractivity contribution is 0.0643. The van der Waals surface area contributed by atoms with Crippen molar-refractivity contribution in [1.82, 2.24) is 4.90 Å². The van der Waals surface area contributed by atoms with E-state index in [4.69, 9.17) is 9.84 Å². The van der Waals surface area contributed by atoms with Crippen LogP contribution in [-0.4, -0.2) is 35.3 Å². The summed E-state index contributed by atoms with van der Waals surface area (Å²) in [6.07, 6.45) is 1.00. The van der Waals surface area contributed by atoms with E-state index < -0.39 is 6.09 Å². The third-order valence-corrected chi connectivity index (χ3v) is 3.04. The number of hydrogen-bond donors (Lipinski definition) is 1. The molecule has 0 saturated carbocycles.